The highest BCUT2D eigenvalue weighted by Crippen LogP contribution is 2.41. The van der Waals surface area contributed by atoms with E-state index in [1.807, 2.05) is 43.3 Å². The normalized spacial score (nSPS) is 22.7. The van der Waals surface area contributed by atoms with Crippen molar-refractivity contribution in [1.29, 1.82) is 0 Å². The molecule has 2 atom stereocenters. The number of carbonyl (C=O) groups is 2. The molecule has 1 N–H and O–H groups in total. The molecule has 2 saturated heterocycles. The summed E-state index contributed by atoms with van der Waals surface area (Å²) in [4.78, 5) is 30.8. The molecule has 208 valence electrons. The molecule has 5 rings (SSSR count). The summed E-state index contributed by atoms with van der Waals surface area (Å²) in [5.41, 5.74) is 2.35. The lowest BCUT2D eigenvalue weighted by molar-refractivity contribution is -0.140. The number of ether oxygens (including phenoxy) is 3. The number of unbranched alkanes of at least 4 members (excludes halogenated alkanes) is 1. The number of fused-ring (bicyclic) bond motifs is 1. The summed E-state index contributed by atoms with van der Waals surface area (Å²) in [5, 5.41) is 11.5. The third kappa shape index (κ3) is 5.97. The Labute approximate surface area is 230 Å². The van der Waals surface area contributed by atoms with Crippen LogP contribution in [0.25, 0.3) is 5.76 Å². The van der Waals surface area contributed by atoms with Crippen LogP contribution in [0.5, 0.6) is 11.5 Å². The predicted octanol–water partition coefficient (Wildman–Crippen LogP) is 4.33. The molecule has 2 fully saturated rings. The number of Topliss-reactive ketones (excluding diaryl/α,β-unsaturated/α-hetero) is 1. The van der Waals surface area contributed by atoms with Gasteiger partial charge in [-0.25, -0.2) is 0 Å². The zero-order valence-corrected chi connectivity index (χ0v) is 22.9. The topological polar surface area (TPSA) is 88.5 Å². The molecule has 3 heterocycles. The van der Waals surface area contributed by atoms with E-state index in [4.69, 9.17) is 14.2 Å². The van der Waals surface area contributed by atoms with Gasteiger partial charge in [0.25, 0.3) is 11.7 Å². The molecule has 0 bridgehead atoms. The summed E-state index contributed by atoms with van der Waals surface area (Å²) in [6, 6.07) is 12.3. The number of benzene rings is 2. The molecule has 3 aliphatic rings. The first kappa shape index (κ1) is 27.2. The maximum atomic E-state index is 13.5. The van der Waals surface area contributed by atoms with Crippen LogP contribution in [0.3, 0.4) is 0 Å². The maximum absolute atomic E-state index is 13.5. The van der Waals surface area contributed by atoms with Crippen LogP contribution in [0.1, 0.15) is 55.8 Å². The summed E-state index contributed by atoms with van der Waals surface area (Å²) >= 11 is 0. The van der Waals surface area contributed by atoms with Crippen molar-refractivity contribution < 1.29 is 28.9 Å². The molecule has 8 heteroatoms. The SMILES string of the molecule is CCCCOc1cccc([C@@H]2/C(=C(\O)c3ccc4c(c3)C[C@H](C)O4)C(=O)C(=O)N2CCCN2CCOCC2)c1. The van der Waals surface area contributed by atoms with Crippen LogP contribution in [-0.2, 0) is 20.7 Å². The number of likely N-dealkylation sites (tertiary alicyclic amines) is 1. The molecule has 0 spiro atoms. The fourth-order valence-corrected chi connectivity index (χ4v) is 5.58. The second-order valence-electron chi connectivity index (χ2n) is 10.5. The zero-order chi connectivity index (χ0) is 27.4. The Hall–Kier alpha value is -3.36. The van der Waals surface area contributed by atoms with Gasteiger partial charge in [-0.15, -0.1) is 0 Å². The van der Waals surface area contributed by atoms with Crippen LogP contribution in [0.2, 0.25) is 0 Å². The number of amides is 1. The fraction of sp³-hybridized carbons (Fsp3) is 0.484. The average molecular weight is 535 g/mol. The molecule has 8 nitrogen and oxygen atoms in total. The molecule has 0 unspecified atom stereocenters. The highest BCUT2D eigenvalue weighted by atomic mass is 16.5. The minimum atomic E-state index is -0.701. The van der Waals surface area contributed by atoms with Gasteiger partial charge in [0, 0.05) is 38.2 Å². The number of hydrogen-bond donors (Lipinski definition) is 1. The first-order valence-electron chi connectivity index (χ1n) is 14.1. The summed E-state index contributed by atoms with van der Waals surface area (Å²) in [7, 11) is 0. The lowest BCUT2D eigenvalue weighted by atomic mass is 9.94. The van der Waals surface area contributed by atoms with E-state index < -0.39 is 17.7 Å². The van der Waals surface area contributed by atoms with Crippen molar-refractivity contribution in [2.45, 2.75) is 51.7 Å². The molecule has 2 aromatic rings. The Morgan fingerprint density at radius 2 is 1.90 bits per heavy atom. The Kier molecular flexibility index (Phi) is 8.53. The Balaban J connectivity index is 1.48. The van der Waals surface area contributed by atoms with Gasteiger partial charge in [0.2, 0.25) is 0 Å². The van der Waals surface area contributed by atoms with Crippen LogP contribution < -0.4 is 9.47 Å². The molecular formula is C31H38N2O6. The van der Waals surface area contributed by atoms with Gasteiger partial charge in [0.1, 0.15) is 23.4 Å². The number of aliphatic hydroxyl groups is 1. The lowest BCUT2D eigenvalue weighted by Crippen LogP contribution is -2.38. The number of nitrogens with zero attached hydrogens (tertiary/aromatic N) is 2. The van der Waals surface area contributed by atoms with Gasteiger partial charge in [-0.1, -0.05) is 25.5 Å². The number of morpholine rings is 1. The molecule has 39 heavy (non-hydrogen) atoms. The Morgan fingerprint density at radius 3 is 2.69 bits per heavy atom. The van der Waals surface area contributed by atoms with Crippen LogP contribution >= 0.6 is 0 Å². The van der Waals surface area contributed by atoms with Gasteiger partial charge in [0.15, 0.2) is 0 Å². The quantitative estimate of drug-likeness (QED) is 0.210. The predicted molar refractivity (Wildman–Crippen MR) is 148 cm³/mol. The van der Waals surface area contributed by atoms with E-state index in [9.17, 15) is 14.7 Å². The van der Waals surface area contributed by atoms with E-state index in [2.05, 4.69) is 11.8 Å². The maximum Gasteiger partial charge on any atom is 0.295 e. The second-order valence-corrected chi connectivity index (χ2v) is 10.5. The van der Waals surface area contributed by atoms with E-state index in [-0.39, 0.29) is 17.4 Å². The minimum absolute atomic E-state index is 0.0601. The first-order valence-corrected chi connectivity index (χ1v) is 14.1. The van der Waals surface area contributed by atoms with Gasteiger partial charge in [-0.3, -0.25) is 14.5 Å². The number of aliphatic hydroxyl groups excluding tert-OH is 1. The molecule has 2 aromatic carbocycles. The van der Waals surface area contributed by atoms with E-state index in [1.54, 1.807) is 11.0 Å². The lowest BCUT2D eigenvalue weighted by Gasteiger charge is -2.29. The fourth-order valence-electron chi connectivity index (χ4n) is 5.58. The standard InChI is InChI=1S/C31H38N2O6/c1-3-4-15-38-25-8-5-7-22(20-25)28-27(29(34)23-9-10-26-24(19-23)18-21(2)39-26)30(35)31(36)33(28)12-6-11-32-13-16-37-17-14-32/h5,7-10,19-21,28,34H,3-4,6,11-18H2,1-2H3/b29-27+/t21-,28+/m0/s1. The van der Waals surface area contributed by atoms with Crippen molar-refractivity contribution in [3.63, 3.8) is 0 Å². The summed E-state index contributed by atoms with van der Waals surface area (Å²) in [5.74, 6) is 0.0681. The van der Waals surface area contributed by atoms with Gasteiger partial charge in [0.05, 0.1) is 31.4 Å². The van der Waals surface area contributed by atoms with Gasteiger partial charge in [-0.2, -0.15) is 0 Å². The number of rotatable bonds is 10. The third-order valence-electron chi connectivity index (χ3n) is 7.63. The van der Waals surface area contributed by atoms with E-state index in [1.165, 1.54) is 0 Å². The molecule has 0 aromatic heterocycles. The number of carbonyl (C=O) groups excluding carboxylic acids is 2. The van der Waals surface area contributed by atoms with Crippen molar-refractivity contribution in [1.82, 2.24) is 9.80 Å². The van der Waals surface area contributed by atoms with E-state index >= 15 is 0 Å². The Morgan fingerprint density at radius 1 is 1.08 bits per heavy atom. The molecular weight excluding hydrogens is 496 g/mol. The molecule has 0 saturated carbocycles. The van der Waals surface area contributed by atoms with Crippen LogP contribution in [0.15, 0.2) is 48.0 Å². The van der Waals surface area contributed by atoms with E-state index in [0.29, 0.717) is 44.1 Å². The molecule has 1 amide bonds. The summed E-state index contributed by atoms with van der Waals surface area (Å²) in [6.45, 7) is 9.05. The van der Waals surface area contributed by atoms with Crippen molar-refractivity contribution in [2.24, 2.45) is 0 Å². The van der Waals surface area contributed by atoms with Crippen LogP contribution in [-0.4, -0.2) is 78.7 Å². The summed E-state index contributed by atoms with van der Waals surface area (Å²) in [6.07, 6.45) is 3.46. The van der Waals surface area contributed by atoms with Crippen molar-refractivity contribution in [2.75, 3.05) is 46.0 Å². The Bertz CT molecular complexity index is 1240. The average Bonchev–Trinajstić information content (AvgIpc) is 3.44. The van der Waals surface area contributed by atoms with Gasteiger partial charge < -0.3 is 24.2 Å². The highest BCUT2D eigenvalue weighted by molar-refractivity contribution is 6.46. The van der Waals surface area contributed by atoms with E-state index in [0.717, 1.165) is 55.8 Å². The number of ketones is 1. The van der Waals surface area contributed by atoms with Crippen molar-refractivity contribution in [3.8, 4) is 11.5 Å². The van der Waals surface area contributed by atoms with Crippen molar-refractivity contribution >= 4 is 17.4 Å². The largest absolute Gasteiger partial charge is 0.507 e. The molecule has 0 radical (unpaired) electrons. The monoisotopic (exact) mass is 534 g/mol. The first-order chi connectivity index (χ1) is 19.0. The van der Waals surface area contributed by atoms with Crippen LogP contribution in [0, 0.1) is 0 Å². The van der Waals surface area contributed by atoms with Gasteiger partial charge >= 0.3 is 0 Å². The highest BCUT2D eigenvalue weighted by Gasteiger charge is 2.46. The van der Waals surface area contributed by atoms with Crippen LogP contribution in [0.4, 0.5) is 0 Å². The number of hydrogen-bond acceptors (Lipinski definition) is 7. The summed E-state index contributed by atoms with van der Waals surface area (Å²) < 4.78 is 17.2. The zero-order valence-electron chi connectivity index (χ0n) is 22.9. The molecule has 0 aliphatic carbocycles. The second kappa shape index (κ2) is 12.2. The van der Waals surface area contributed by atoms with Gasteiger partial charge in [-0.05, 0) is 61.2 Å². The smallest absolute Gasteiger partial charge is 0.295 e. The third-order valence-corrected chi connectivity index (χ3v) is 7.63. The van der Waals surface area contributed by atoms with Crippen molar-refractivity contribution in [3.05, 3.63) is 64.7 Å². The molecule has 3 aliphatic heterocycles. The minimum Gasteiger partial charge on any atom is -0.507 e.